The zero-order chi connectivity index (χ0) is 13.7. The molecule has 0 radical (unpaired) electrons. The molecule has 0 aliphatic rings. The molecule has 98 valence electrons. The van der Waals surface area contributed by atoms with Gasteiger partial charge in [0.15, 0.2) is 5.88 Å². The summed E-state index contributed by atoms with van der Waals surface area (Å²) in [5, 5.41) is 3.83. The van der Waals surface area contributed by atoms with E-state index in [0.29, 0.717) is 11.3 Å². The van der Waals surface area contributed by atoms with Crippen LogP contribution in [0.4, 0.5) is 5.88 Å². The van der Waals surface area contributed by atoms with Crippen LogP contribution in [0.15, 0.2) is 46.2 Å². The summed E-state index contributed by atoms with van der Waals surface area (Å²) in [6, 6.07) is 6.95. The van der Waals surface area contributed by atoms with E-state index in [9.17, 15) is 4.79 Å². The van der Waals surface area contributed by atoms with Gasteiger partial charge < -0.3 is 9.32 Å². The summed E-state index contributed by atoms with van der Waals surface area (Å²) in [6.07, 6.45) is 4.52. The first-order valence-corrected chi connectivity index (χ1v) is 5.67. The van der Waals surface area contributed by atoms with Gasteiger partial charge in [0.1, 0.15) is 5.76 Å². The van der Waals surface area contributed by atoms with Crippen molar-refractivity contribution in [3.05, 3.63) is 48.0 Å². The van der Waals surface area contributed by atoms with Crippen LogP contribution in [0.25, 0.3) is 0 Å². The number of furan rings is 1. The molecule has 6 heteroatoms. The lowest BCUT2D eigenvalue weighted by molar-refractivity contribution is 0.0955. The van der Waals surface area contributed by atoms with E-state index in [1.165, 1.54) is 12.4 Å². The predicted molar refractivity (Wildman–Crippen MR) is 72.3 cm³/mol. The van der Waals surface area contributed by atoms with Crippen LogP contribution in [0.3, 0.4) is 0 Å². The van der Waals surface area contributed by atoms with Crippen LogP contribution in [0.5, 0.6) is 0 Å². The molecule has 1 amide bonds. The topological polar surface area (TPSA) is 70.7 Å². The van der Waals surface area contributed by atoms with E-state index in [1.54, 1.807) is 24.4 Å². The molecule has 0 bridgehead atoms. The van der Waals surface area contributed by atoms with Crippen molar-refractivity contribution in [1.29, 1.82) is 0 Å². The Hall–Kier alpha value is -2.63. The molecule has 2 aromatic rings. The molecule has 0 unspecified atom stereocenters. The third kappa shape index (κ3) is 3.41. The first-order chi connectivity index (χ1) is 9.16. The molecule has 0 aliphatic heterocycles. The Morgan fingerprint density at radius 3 is 2.89 bits per heavy atom. The van der Waals surface area contributed by atoms with E-state index in [-0.39, 0.29) is 5.91 Å². The lowest BCUT2D eigenvalue weighted by atomic mass is 10.3. The Balaban J connectivity index is 1.94. The van der Waals surface area contributed by atoms with Crippen molar-refractivity contribution in [3.8, 4) is 0 Å². The zero-order valence-corrected chi connectivity index (χ0v) is 10.7. The van der Waals surface area contributed by atoms with Gasteiger partial charge in [-0.05, 0) is 18.2 Å². The highest BCUT2D eigenvalue weighted by atomic mass is 16.4. The average Bonchev–Trinajstić information content (AvgIpc) is 2.89. The van der Waals surface area contributed by atoms with E-state index >= 15 is 0 Å². The number of aromatic nitrogens is 1. The second-order valence-electron chi connectivity index (χ2n) is 4.01. The van der Waals surface area contributed by atoms with E-state index in [1.807, 2.05) is 25.1 Å². The van der Waals surface area contributed by atoms with Gasteiger partial charge >= 0.3 is 0 Å². The van der Waals surface area contributed by atoms with Gasteiger partial charge in [0.2, 0.25) is 0 Å². The fourth-order valence-corrected chi connectivity index (χ4v) is 1.37. The number of hydrogen-bond donors (Lipinski definition) is 1. The van der Waals surface area contributed by atoms with Crippen LogP contribution in [0.2, 0.25) is 0 Å². The Labute approximate surface area is 110 Å². The minimum Gasteiger partial charge on any atom is -0.440 e. The van der Waals surface area contributed by atoms with Crippen molar-refractivity contribution >= 4 is 18.0 Å². The summed E-state index contributed by atoms with van der Waals surface area (Å²) in [5.41, 5.74) is 2.85. The molecule has 2 heterocycles. The van der Waals surface area contributed by atoms with Crippen molar-refractivity contribution in [3.63, 3.8) is 0 Å². The average molecular weight is 258 g/mol. The van der Waals surface area contributed by atoms with E-state index in [4.69, 9.17) is 4.42 Å². The molecular weight excluding hydrogens is 244 g/mol. The number of hydrogen-bond acceptors (Lipinski definition) is 5. The Morgan fingerprint density at radius 1 is 1.42 bits per heavy atom. The second-order valence-corrected chi connectivity index (χ2v) is 4.01. The lowest BCUT2D eigenvalue weighted by Gasteiger charge is -2.05. The molecule has 0 aliphatic carbocycles. The first-order valence-electron chi connectivity index (χ1n) is 5.67. The van der Waals surface area contributed by atoms with Gasteiger partial charge in [-0.2, -0.15) is 5.10 Å². The number of carbonyl (C=O) groups is 1. The number of carbonyl (C=O) groups excluding carboxylic acids is 1. The van der Waals surface area contributed by atoms with Gasteiger partial charge in [-0.3, -0.25) is 9.78 Å². The maximum Gasteiger partial charge on any atom is 0.272 e. The monoisotopic (exact) mass is 258 g/mol. The Morgan fingerprint density at radius 2 is 2.26 bits per heavy atom. The summed E-state index contributed by atoms with van der Waals surface area (Å²) < 4.78 is 5.45. The SMILES string of the molecule is CN(C)c1ccc(/C=N/NC(=O)c2cccnc2)o1. The largest absolute Gasteiger partial charge is 0.440 e. The van der Waals surface area contributed by atoms with Crippen molar-refractivity contribution in [2.45, 2.75) is 0 Å². The number of anilines is 1. The summed E-state index contributed by atoms with van der Waals surface area (Å²) >= 11 is 0. The van der Waals surface area contributed by atoms with Crippen molar-refractivity contribution in [1.82, 2.24) is 10.4 Å². The van der Waals surface area contributed by atoms with Crippen LogP contribution >= 0.6 is 0 Å². The fourth-order valence-electron chi connectivity index (χ4n) is 1.37. The quantitative estimate of drug-likeness (QED) is 0.666. The lowest BCUT2D eigenvalue weighted by Crippen LogP contribution is -2.17. The third-order valence-electron chi connectivity index (χ3n) is 2.33. The van der Waals surface area contributed by atoms with Crippen LogP contribution in [-0.2, 0) is 0 Å². The third-order valence-corrected chi connectivity index (χ3v) is 2.33. The molecule has 19 heavy (non-hydrogen) atoms. The molecule has 1 N–H and O–H groups in total. The van der Waals surface area contributed by atoms with Gasteiger partial charge in [0, 0.05) is 32.6 Å². The number of rotatable bonds is 4. The van der Waals surface area contributed by atoms with E-state index in [2.05, 4.69) is 15.5 Å². The molecule has 2 aromatic heterocycles. The maximum atomic E-state index is 11.6. The van der Waals surface area contributed by atoms with E-state index in [0.717, 1.165) is 5.88 Å². The highest BCUT2D eigenvalue weighted by molar-refractivity contribution is 5.94. The first kappa shape index (κ1) is 12.8. The van der Waals surface area contributed by atoms with Crippen LogP contribution < -0.4 is 10.3 Å². The Kier molecular flexibility index (Phi) is 3.92. The van der Waals surface area contributed by atoms with Crippen molar-refractivity contribution in [2.24, 2.45) is 5.10 Å². The minimum absolute atomic E-state index is 0.316. The summed E-state index contributed by atoms with van der Waals surface area (Å²) in [6.45, 7) is 0. The molecule has 0 aromatic carbocycles. The predicted octanol–water partition coefficient (Wildman–Crippen LogP) is 1.50. The van der Waals surface area contributed by atoms with Crippen LogP contribution in [0.1, 0.15) is 16.1 Å². The number of nitrogens with zero attached hydrogens (tertiary/aromatic N) is 3. The normalized spacial score (nSPS) is 10.6. The standard InChI is InChI=1S/C13H14N4O2/c1-17(2)12-6-5-11(19-12)9-15-16-13(18)10-4-3-7-14-8-10/h3-9H,1-2H3,(H,16,18)/b15-9+. The zero-order valence-electron chi connectivity index (χ0n) is 10.7. The van der Waals surface area contributed by atoms with E-state index < -0.39 is 0 Å². The second kappa shape index (κ2) is 5.81. The number of pyridine rings is 1. The smallest absolute Gasteiger partial charge is 0.272 e. The van der Waals surface area contributed by atoms with Crippen LogP contribution in [0, 0.1) is 0 Å². The molecule has 6 nitrogen and oxygen atoms in total. The summed E-state index contributed by atoms with van der Waals surface area (Å²) in [7, 11) is 3.76. The number of hydrazone groups is 1. The summed E-state index contributed by atoms with van der Waals surface area (Å²) in [4.78, 5) is 17.3. The van der Waals surface area contributed by atoms with Crippen LogP contribution in [-0.4, -0.2) is 31.2 Å². The molecule has 0 fully saturated rings. The molecule has 0 saturated heterocycles. The highest BCUT2D eigenvalue weighted by Gasteiger charge is 2.03. The molecular formula is C13H14N4O2. The molecule has 0 atom stereocenters. The Bertz CT molecular complexity index is 575. The van der Waals surface area contributed by atoms with Gasteiger partial charge in [0.05, 0.1) is 11.8 Å². The van der Waals surface area contributed by atoms with Crippen molar-refractivity contribution < 1.29 is 9.21 Å². The van der Waals surface area contributed by atoms with Crippen molar-refractivity contribution in [2.75, 3.05) is 19.0 Å². The maximum absolute atomic E-state index is 11.6. The summed E-state index contributed by atoms with van der Waals surface area (Å²) in [5.74, 6) is 0.971. The fraction of sp³-hybridized carbons (Fsp3) is 0.154. The molecule has 0 spiro atoms. The molecule has 2 rings (SSSR count). The highest BCUT2D eigenvalue weighted by Crippen LogP contribution is 2.13. The number of nitrogens with one attached hydrogen (secondary N) is 1. The van der Waals surface area contributed by atoms with Gasteiger partial charge in [0.25, 0.3) is 5.91 Å². The van der Waals surface area contributed by atoms with Gasteiger partial charge in [-0.1, -0.05) is 0 Å². The van der Waals surface area contributed by atoms with Gasteiger partial charge in [-0.15, -0.1) is 0 Å². The minimum atomic E-state index is -0.316. The number of amides is 1. The molecule has 0 saturated carbocycles. The van der Waals surface area contributed by atoms with Gasteiger partial charge in [-0.25, -0.2) is 5.43 Å².